The topological polar surface area (TPSA) is 44.0 Å². The van der Waals surface area contributed by atoms with Crippen LogP contribution < -0.4 is 5.32 Å². The number of hydrogen-bond acceptors (Lipinski definition) is 2. The Labute approximate surface area is 189 Å². The molecule has 0 saturated carbocycles. The van der Waals surface area contributed by atoms with Gasteiger partial charge in [0.2, 0.25) is 0 Å². The number of hydrogen-bond donors (Lipinski definition) is 2. The molecule has 0 atom stereocenters. The van der Waals surface area contributed by atoms with Crippen molar-refractivity contribution in [3.05, 3.63) is 94.9 Å². The predicted molar refractivity (Wildman–Crippen MR) is 134 cm³/mol. The Kier molecular flexibility index (Phi) is 6.33. The lowest BCUT2D eigenvalue weighted by Crippen LogP contribution is -2.36. The van der Waals surface area contributed by atoms with Gasteiger partial charge < -0.3 is 15.2 Å². The van der Waals surface area contributed by atoms with Crippen LogP contribution in [0.15, 0.2) is 67.0 Å². The fraction of sp³-hybridized carbons (Fsp3) is 0.231. The van der Waals surface area contributed by atoms with E-state index in [4.69, 9.17) is 12.2 Å². The molecule has 0 aliphatic carbocycles. The molecule has 0 unspecified atom stereocenters. The summed E-state index contributed by atoms with van der Waals surface area (Å²) in [5.41, 5.74) is 8.38. The zero-order valence-electron chi connectivity index (χ0n) is 18.3. The fourth-order valence-corrected chi connectivity index (χ4v) is 4.28. The van der Waals surface area contributed by atoms with E-state index in [1.165, 1.54) is 33.3 Å². The number of aromatic nitrogens is 2. The van der Waals surface area contributed by atoms with Crippen molar-refractivity contribution in [3.63, 3.8) is 0 Å². The van der Waals surface area contributed by atoms with Crippen molar-refractivity contribution in [2.45, 2.75) is 33.7 Å². The van der Waals surface area contributed by atoms with E-state index in [0.717, 1.165) is 29.3 Å². The third kappa shape index (κ3) is 4.94. The minimum absolute atomic E-state index is 0.714. The molecule has 0 amide bonds. The van der Waals surface area contributed by atoms with Crippen LogP contribution >= 0.6 is 12.2 Å². The third-order valence-electron chi connectivity index (χ3n) is 5.67. The number of nitrogens with one attached hydrogen (secondary N) is 2. The minimum atomic E-state index is 0.714. The summed E-state index contributed by atoms with van der Waals surface area (Å²) < 4.78 is 0. The Morgan fingerprint density at radius 1 is 1.06 bits per heavy atom. The van der Waals surface area contributed by atoms with Gasteiger partial charge in [-0.2, -0.15) is 0 Å². The first kappa shape index (κ1) is 21.1. The maximum atomic E-state index is 5.86. The van der Waals surface area contributed by atoms with Gasteiger partial charge in [0, 0.05) is 47.8 Å². The summed E-state index contributed by atoms with van der Waals surface area (Å²) >= 11 is 5.86. The summed E-state index contributed by atoms with van der Waals surface area (Å²) in [5, 5.41) is 5.49. The monoisotopic (exact) mass is 428 g/mol. The van der Waals surface area contributed by atoms with Crippen molar-refractivity contribution in [3.8, 4) is 0 Å². The largest absolute Gasteiger partial charge is 0.358 e. The van der Waals surface area contributed by atoms with Crippen LogP contribution in [0.3, 0.4) is 0 Å². The lowest BCUT2D eigenvalue weighted by molar-refractivity contribution is 0.422. The van der Waals surface area contributed by atoms with Crippen LogP contribution in [0.4, 0.5) is 5.69 Å². The summed E-state index contributed by atoms with van der Waals surface area (Å²) in [6.07, 6.45) is 4.61. The van der Waals surface area contributed by atoms with Gasteiger partial charge in [-0.15, -0.1) is 0 Å². The van der Waals surface area contributed by atoms with E-state index < -0.39 is 0 Å². The number of H-pyrrole nitrogens is 1. The maximum Gasteiger partial charge on any atom is 0.173 e. The number of para-hydroxylation sites is 1. The van der Waals surface area contributed by atoms with E-state index in [-0.39, 0.29) is 0 Å². The molecule has 2 aromatic carbocycles. The Morgan fingerprint density at radius 3 is 2.68 bits per heavy atom. The van der Waals surface area contributed by atoms with Crippen LogP contribution in [-0.2, 0) is 13.0 Å². The number of benzene rings is 2. The van der Waals surface area contributed by atoms with Gasteiger partial charge in [-0.05, 0) is 74.3 Å². The first-order valence-corrected chi connectivity index (χ1v) is 11.0. The molecule has 2 N–H and O–H groups in total. The van der Waals surface area contributed by atoms with Crippen LogP contribution in [0.1, 0.15) is 27.9 Å². The lowest BCUT2D eigenvalue weighted by Gasteiger charge is -2.26. The molecule has 0 aliphatic rings. The lowest BCUT2D eigenvalue weighted by atomic mass is 10.1. The normalized spacial score (nSPS) is 10.9. The molecule has 0 saturated heterocycles. The summed E-state index contributed by atoms with van der Waals surface area (Å²) in [7, 11) is 0. The first-order chi connectivity index (χ1) is 15.0. The highest BCUT2D eigenvalue weighted by Gasteiger charge is 2.15. The second kappa shape index (κ2) is 9.31. The van der Waals surface area contributed by atoms with Crippen LogP contribution in [-0.4, -0.2) is 26.5 Å². The smallest absolute Gasteiger partial charge is 0.173 e. The number of pyridine rings is 1. The van der Waals surface area contributed by atoms with Gasteiger partial charge >= 0.3 is 0 Å². The Morgan fingerprint density at radius 2 is 1.90 bits per heavy atom. The molecule has 0 bridgehead atoms. The molecule has 5 heteroatoms. The van der Waals surface area contributed by atoms with Crippen molar-refractivity contribution in [1.82, 2.24) is 14.9 Å². The molecule has 2 aromatic heterocycles. The standard InChI is InChI=1S/C26H28N4S/c1-18-10-11-24(19(2)15-18)29-26(31)30(17-21-7-6-13-27-16-21)14-12-22-20(3)28-25-9-5-4-8-23(22)25/h4-11,13,15-16,28H,12,14,17H2,1-3H3,(H,29,31). The average molecular weight is 429 g/mol. The molecule has 4 aromatic rings. The highest BCUT2D eigenvalue weighted by atomic mass is 32.1. The molecule has 4 rings (SSSR count). The molecular formula is C26H28N4S. The van der Waals surface area contributed by atoms with Crippen molar-refractivity contribution >= 4 is 33.9 Å². The number of nitrogens with zero attached hydrogens (tertiary/aromatic N) is 2. The highest BCUT2D eigenvalue weighted by molar-refractivity contribution is 7.80. The second-order valence-electron chi connectivity index (χ2n) is 8.06. The summed E-state index contributed by atoms with van der Waals surface area (Å²) in [6, 6.07) is 18.9. The van der Waals surface area contributed by atoms with Gasteiger partial charge in [-0.25, -0.2) is 0 Å². The molecule has 0 spiro atoms. The number of rotatable bonds is 6. The molecule has 4 nitrogen and oxygen atoms in total. The number of anilines is 1. The molecular weight excluding hydrogens is 400 g/mol. The van der Waals surface area contributed by atoms with Crippen molar-refractivity contribution in [2.75, 3.05) is 11.9 Å². The summed E-state index contributed by atoms with van der Waals surface area (Å²) in [6.45, 7) is 7.89. The van der Waals surface area contributed by atoms with E-state index in [0.29, 0.717) is 6.54 Å². The van der Waals surface area contributed by atoms with Gasteiger partial charge in [0.1, 0.15) is 0 Å². The van der Waals surface area contributed by atoms with Crippen molar-refractivity contribution in [1.29, 1.82) is 0 Å². The minimum Gasteiger partial charge on any atom is -0.358 e. The molecule has 0 aliphatic heterocycles. The van der Waals surface area contributed by atoms with E-state index in [2.05, 4.69) is 89.5 Å². The van der Waals surface area contributed by atoms with Gasteiger partial charge in [-0.3, -0.25) is 4.98 Å². The third-order valence-corrected chi connectivity index (χ3v) is 6.03. The summed E-state index contributed by atoms with van der Waals surface area (Å²) in [4.78, 5) is 10.0. The molecule has 31 heavy (non-hydrogen) atoms. The zero-order valence-corrected chi connectivity index (χ0v) is 19.1. The van der Waals surface area contributed by atoms with Gasteiger partial charge in [-0.1, -0.05) is 42.0 Å². The Bertz CT molecular complexity index is 1200. The fourth-order valence-electron chi connectivity index (χ4n) is 4.02. The van der Waals surface area contributed by atoms with Crippen molar-refractivity contribution < 1.29 is 0 Å². The first-order valence-electron chi connectivity index (χ1n) is 10.6. The van der Waals surface area contributed by atoms with Crippen LogP contribution in [0.5, 0.6) is 0 Å². The Hall–Kier alpha value is -3.18. The number of fused-ring (bicyclic) bond motifs is 1. The van der Waals surface area contributed by atoms with Gasteiger partial charge in [0.25, 0.3) is 0 Å². The number of aromatic amines is 1. The van der Waals surface area contributed by atoms with E-state index in [1.807, 2.05) is 12.3 Å². The maximum absolute atomic E-state index is 5.86. The average Bonchev–Trinajstić information content (AvgIpc) is 3.08. The van der Waals surface area contributed by atoms with Gasteiger partial charge in [0.05, 0.1) is 0 Å². The predicted octanol–water partition coefficient (Wildman–Crippen LogP) is 5.93. The quantitative estimate of drug-likeness (QED) is 0.374. The molecule has 0 radical (unpaired) electrons. The summed E-state index contributed by atoms with van der Waals surface area (Å²) in [5.74, 6) is 0. The zero-order chi connectivity index (χ0) is 21.8. The van der Waals surface area contributed by atoms with E-state index in [1.54, 1.807) is 6.20 Å². The Balaban J connectivity index is 1.56. The highest BCUT2D eigenvalue weighted by Crippen LogP contribution is 2.23. The van der Waals surface area contributed by atoms with Crippen LogP contribution in [0.25, 0.3) is 10.9 Å². The molecule has 0 fully saturated rings. The SMILES string of the molecule is Cc1ccc(NC(=S)N(CCc2c(C)[nH]c3ccccc23)Cc2cccnc2)c(C)c1. The number of thiocarbonyl (C=S) groups is 1. The van der Waals surface area contributed by atoms with Crippen LogP contribution in [0.2, 0.25) is 0 Å². The number of aryl methyl sites for hydroxylation is 3. The molecule has 2 heterocycles. The van der Waals surface area contributed by atoms with Crippen LogP contribution in [0, 0.1) is 20.8 Å². The van der Waals surface area contributed by atoms with E-state index >= 15 is 0 Å². The molecule has 158 valence electrons. The van der Waals surface area contributed by atoms with Gasteiger partial charge in [0.15, 0.2) is 5.11 Å². The second-order valence-corrected chi connectivity index (χ2v) is 8.44. The van der Waals surface area contributed by atoms with Crippen molar-refractivity contribution in [2.24, 2.45) is 0 Å². The van der Waals surface area contributed by atoms with E-state index in [9.17, 15) is 0 Å².